The van der Waals surface area contributed by atoms with E-state index in [1.165, 1.54) is 11.1 Å². The van der Waals surface area contributed by atoms with Gasteiger partial charge in [-0.25, -0.2) is 0 Å². The summed E-state index contributed by atoms with van der Waals surface area (Å²) in [5.74, 6) is 0.468. The Bertz CT molecular complexity index is 324. The maximum Gasteiger partial charge on any atom is 0.0641 e. The van der Waals surface area contributed by atoms with E-state index in [4.69, 9.17) is 0 Å². The van der Waals surface area contributed by atoms with Crippen LogP contribution in [0.25, 0.3) is 0 Å². The van der Waals surface area contributed by atoms with Gasteiger partial charge < -0.3 is 5.11 Å². The molecular formula is C15H24O. The van der Waals surface area contributed by atoms with Crippen molar-refractivity contribution >= 4 is 0 Å². The molecule has 0 heterocycles. The third-order valence-corrected chi connectivity index (χ3v) is 4.11. The summed E-state index contributed by atoms with van der Waals surface area (Å²) in [5.41, 5.74) is 3.95. The van der Waals surface area contributed by atoms with Gasteiger partial charge in [0.2, 0.25) is 0 Å². The van der Waals surface area contributed by atoms with Gasteiger partial charge in [-0.15, -0.1) is 6.58 Å². The monoisotopic (exact) mass is 220 g/mol. The normalized spacial score (nSPS) is 33.4. The highest BCUT2D eigenvalue weighted by molar-refractivity contribution is 5.23. The summed E-state index contributed by atoms with van der Waals surface area (Å²) in [6, 6.07) is 0. The van der Waals surface area contributed by atoms with E-state index in [1.807, 2.05) is 6.92 Å². The van der Waals surface area contributed by atoms with Crippen LogP contribution in [0.3, 0.4) is 0 Å². The van der Waals surface area contributed by atoms with Crippen molar-refractivity contribution in [2.45, 2.75) is 40.0 Å². The second kappa shape index (κ2) is 5.01. The molecule has 0 aromatic rings. The van der Waals surface area contributed by atoms with Crippen LogP contribution in [0.4, 0.5) is 0 Å². The average molecular weight is 220 g/mol. The molecule has 0 aromatic heterocycles. The maximum atomic E-state index is 9.20. The Kier molecular flexibility index (Phi) is 4.15. The number of aliphatic hydroxyl groups is 1. The van der Waals surface area contributed by atoms with Gasteiger partial charge in [-0.3, -0.25) is 0 Å². The number of hydrogen-bond acceptors (Lipinski definition) is 1. The molecule has 0 amide bonds. The molecule has 90 valence electrons. The SMILES string of the molecule is C=CC1(C)CC/C(=C(/C)CO)CC1C(=C)C. The van der Waals surface area contributed by atoms with Gasteiger partial charge in [-0.2, -0.15) is 0 Å². The molecule has 1 rings (SSSR count). The van der Waals surface area contributed by atoms with Crippen molar-refractivity contribution in [2.24, 2.45) is 11.3 Å². The zero-order chi connectivity index (χ0) is 12.3. The highest BCUT2D eigenvalue weighted by Gasteiger charge is 2.36. The first-order chi connectivity index (χ1) is 7.44. The number of rotatable bonds is 3. The first kappa shape index (κ1) is 13.2. The predicted molar refractivity (Wildman–Crippen MR) is 70.2 cm³/mol. The van der Waals surface area contributed by atoms with E-state index in [-0.39, 0.29) is 12.0 Å². The lowest BCUT2D eigenvalue weighted by atomic mass is 9.63. The maximum absolute atomic E-state index is 9.20. The lowest BCUT2D eigenvalue weighted by molar-refractivity contribution is 0.235. The Morgan fingerprint density at radius 2 is 2.19 bits per heavy atom. The highest BCUT2D eigenvalue weighted by atomic mass is 16.3. The largest absolute Gasteiger partial charge is 0.392 e. The lowest BCUT2D eigenvalue weighted by Crippen LogP contribution is -2.30. The summed E-state index contributed by atoms with van der Waals surface area (Å²) in [6.45, 7) is 14.7. The summed E-state index contributed by atoms with van der Waals surface area (Å²) in [5, 5.41) is 9.20. The van der Waals surface area contributed by atoms with Gasteiger partial charge in [-0.1, -0.05) is 30.7 Å². The van der Waals surface area contributed by atoms with Crippen LogP contribution in [0.2, 0.25) is 0 Å². The Hall–Kier alpha value is -0.820. The van der Waals surface area contributed by atoms with Crippen LogP contribution < -0.4 is 0 Å². The molecule has 1 N–H and O–H groups in total. The summed E-state index contributed by atoms with van der Waals surface area (Å²) in [4.78, 5) is 0. The van der Waals surface area contributed by atoms with Gasteiger partial charge in [0, 0.05) is 0 Å². The number of allylic oxidation sites excluding steroid dienone is 3. The molecule has 0 bridgehead atoms. The molecule has 1 saturated carbocycles. The fraction of sp³-hybridized carbons (Fsp3) is 0.600. The Balaban J connectivity index is 2.98. The third-order valence-electron chi connectivity index (χ3n) is 4.11. The van der Waals surface area contributed by atoms with Crippen molar-refractivity contribution < 1.29 is 5.11 Å². The molecular weight excluding hydrogens is 196 g/mol. The topological polar surface area (TPSA) is 20.2 Å². The molecule has 0 spiro atoms. The molecule has 0 radical (unpaired) electrons. The minimum Gasteiger partial charge on any atom is -0.392 e. The van der Waals surface area contributed by atoms with Crippen molar-refractivity contribution in [3.63, 3.8) is 0 Å². The van der Waals surface area contributed by atoms with E-state index in [0.717, 1.165) is 24.8 Å². The molecule has 0 aromatic carbocycles. The fourth-order valence-corrected chi connectivity index (χ4v) is 2.66. The molecule has 1 nitrogen and oxygen atoms in total. The van der Waals surface area contributed by atoms with Crippen LogP contribution in [-0.2, 0) is 0 Å². The average Bonchev–Trinajstić information content (AvgIpc) is 2.28. The summed E-state index contributed by atoms with van der Waals surface area (Å²) in [6.07, 6.45) is 5.31. The first-order valence-electron chi connectivity index (χ1n) is 6.02. The van der Waals surface area contributed by atoms with Crippen molar-refractivity contribution in [3.8, 4) is 0 Å². The zero-order valence-electron chi connectivity index (χ0n) is 10.8. The van der Waals surface area contributed by atoms with Crippen molar-refractivity contribution in [1.29, 1.82) is 0 Å². The number of hydrogen-bond donors (Lipinski definition) is 1. The van der Waals surface area contributed by atoms with Gasteiger partial charge in [0.1, 0.15) is 0 Å². The van der Waals surface area contributed by atoms with E-state index in [9.17, 15) is 5.11 Å². The van der Waals surface area contributed by atoms with Crippen molar-refractivity contribution in [1.82, 2.24) is 0 Å². The minimum absolute atomic E-state index is 0.172. The molecule has 2 atom stereocenters. The zero-order valence-corrected chi connectivity index (χ0v) is 10.8. The molecule has 0 saturated heterocycles. The third kappa shape index (κ3) is 2.46. The number of aliphatic hydroxyl groups excluding tert-OH is 1. The second-order valence-electron chi connectivity index (χ2n) is 5.36. The van der Waals surface area contributed by atoms with Crippen LogP contribution in [0, 0.1) is 11.3 Å². The smallest absolute Gasteiger partial charge is 0.0641 e. The van der Waals surface area contributed by atoms with Crippen LogP contribution in [0.1, 0.15) is 40.0 Å². The Morgan fingerprint density at radius 3 is 2.62 bits per heavy atom. The molecule has 2 unspecified atom stereocenters. The Labute approximate surface area is 99.6 Å². The quantitative estimate of drug-likeness (QED) is 0.716. The molecule has 1 fully saturated rings. The van der Waals surface area contributed by atoms with Crippen molar-refractivity contribution in [2.75, 3.05) is 6.61 Å². The van der Waals surface area contributed by atoms with Gasteiger partial charge >= 0.3 is 0 Å². The highest BCUT2D eigenvalue weighted by Crippen LogP contribution is 2.47. The van der Waals surface area contributed by atoms with E-state index >= 15 is 0 Å². The summed E-state index contributed by atoms with van der Waals surface area (Å²) < 4.78 is 0. The first-order valence-corrected chi connectivity index (χ1v) is 6.02. The lowest BCUT2D eigenvalue weighted by Gasteiger charge is -2.41. The van der Waals surface area contributed by atoms with Gasteiger partial charge in [-0.05, 0) is 50.0 Å². The van der Waals surface area contributed by atoms with Crippen LogP contribution in [-0.4, -0.2) is 11.7 Å². The summed E-state index contributed by atoms with van der Waals surface area (Å²) in [7, 11) is 0. The predicted octanol–water partition coefficient (Wildman–Crippen LogP) is 3.86. The van der Waals surface area contributed by atoms with E-state index in [2.05, 4.69) is 33.1 Å². The van der Waals surface area contributed by atoms with Gasteiger partial charge in [0.05, 0.1) is 6.61 Å². The van der Waals surface area contributed by atoms with Crippen LogP contribution >= 0.6 is 0 Å². The molecule has 1 aliphatic carbocycles. The molecule has 0 aliphatic heterocycles. The van der Waals surface area contributed by atoms with E-state index in [1.54, 1.807) is 0 Å². The van der Waals surface area contributed by atoms with Crippen molar-refractivity contribution in [3.05, 3.63) is 36.0 Å². The second-order valence-corrected chi connectivity index (χ2v) is 5.36. The van der Waals surface area contributed by atoms with Gasteiger partial charge in [0.25, 0.3) is 0 Å². The van der Waals surface area contributed by atoms with E-state index in [0.29, 0.717) is 5.92 Å². The molecule has 1 heteroatoms. The van der Waals surface area contributed by atoms with E-state index < -0.39 is 0 Å². The van der Waals surface area contributed by atoms with Gasteiger partial charge in [0.15, 0.2) is 0 Å². The summed E-state index contributed by atoms with van der Waals surface area (Å²) >= 11 is 0. The Morgan fingerprint density at radius 1 is 1.56 bits per heavy atom. The fourth-order valence-electron chi connectivity index (χ4n) is 2.66. The molecule has 1 aliphatic rings. The van der Waals surface area contributed by atoms with Crippen LogP contribution in [0.5, 0.6) is 0 Å². The standard InChI is InChI=1S/C15H24O/c1-6-15(5)8-7-13(12(4)10-16)9-14(15)11(2)3/h6,14,16H,1-2,7-10H2,3-5H3/b13-12+. The minimum atomic E-state index is 0.172. The molecule has 16 heavy (non-hydrogen) atoms. The van der Waals surface area contributed by atoms with Crippen LogP contribution in [0.15, 0.2) is 36.0 Å².